The molecule has 0 aliphatic rings. The van der Waals surface area contributed by atoms with Crippen molar-refractivity contribution >= 4 is 10.2 Å². The summed E-state index contributed by atoms with van der Waals surface area (Å²) in [5.41, 5.74) is -2.76. The van der Waals surface area contributed by atoms with Crippen LogP contribution in [-0.4, -0.2) is 77.8 Å². The van der Waals surface area contributed by atoms with Gasteiger partial charge >= 0.3 is 41.7 Å². The number of rotatable bonds is 10. The zero-order chi connectivity index (χ0) is 25.7. The van der Waals surface area contributed by atoms with E-state index in [4.69, 9.17) is 0 Å². The molecular weight excluding hydrogens is 508 g/mol. The van der Waals surface area contributed by atoms with Gasteiger partial charge in [-0.15, -0.1) is 0 Å². The molecule has 0 saturated carbocycles. The van der Waals surface area contributed by atoms with Crippen LogP contribution in [-0.2, 0) is 9.47 Å². The van der Waals surface area contributed by atoms with Crippen LogP contribution in [0.4, 0.5) is 70.2 Å². The molecule has 31 heavy (non-hydrogen) atoms. The van der Waals surface area contributed by atoms with Gasteiger partial charge in [-0.05, 0) is 0 Å². The van der Waals surface area contributed by atoms with Crippen molar-refractivity contribution < 1.29 is 79.7 Å². The second-order valence-electron chi connectivity index (χ2n) is 6.17. The van der Waals surface area contributed by atoms with E-state index in [0.29, 0.717) is 14.2 Å². The summed E-state index contributed by atoms with van der Waals surface area (Å²) in [5, 5.41) is 0. The van der Waals surface area contributed by atoms with Crippen molar-refractivity contribution in [3.63, 3.8) is 0 Å². The summed E-state index contributed by atoms with van der Waals surface area (Å²) in [6, 6.07) is 0. The molecule has 0 aromatic rings. The number of hydrogen-bond donors (Lipinski definition) is 0. The van der Waals surface area contributed by atoms with E-state index >= 15 is 0 Å². The lowest BCUT2D eigenvalue weighted by atomic mass is 9.89. The molecule has 0 rings (SSSR count). The Labute approximate surface area is 165 Å². The third kappa shape index (κ3) is 4.32. The van der Waals surface area contributed by atoms with Gasteiger partial charge in [-0.25, -0.2) is 4.39 Å². The second-order valence-corrected chi connectivity index (χ2v) is 7.56. The molecule has 0 aromatic heterocycles. The first-order chi connectivity index (χ1) is 13.2. The Kier molecular flexibility index (Phi) is 7.85. The number of alkyl halides is 16. The zero-order valence-corrected chi connectivity index (χ0v) is 17.1. The Balaban J connectivity index is 6.44. The average molecular weight is 520 g/mol. The average Bonchev–Trinajstić information content (AvgIpc) is 2.58. The number of hydrogen-bond acceptors (Lipinski definition) is 2. The predicted octanol–water partition coefficient (Wildman–Crippen LogP) is 4.40. The molecule has 0 radical (unpaired) electrons. The minimum Gasteiger partial charge on any atom is -0.355 e. The summed E-state index contributed by atoms with van der Waals surface area (Å²) in [6.07, 6.45) is -14.3. The summed E-state index contributed by atoms with van der Waals surface area (Å²) >= 11 is 0. The van der Waals surface area contributed by atoms with Crippen LogP contribution < -0.4 is 0 Å². The molecule has 0 spiro atoms. The van der Waals surface area contributed by atoms with E-state index in [-0.39, 0.29) is 0 Å². The lowest BCUT2D eigenvalue weighted by molar-refractivity contribution is -0.453. The van der Waals surface area contributed by atoms with E-state index in [9.17, 15) is 70.2 Å². The maximum atomic E-state index is 13.9. The zero-order valence-electron chi connectivity index (χ0n) is 15.1. The molecule has 19 heteroatoms. The van der Waals surface area contributed by atoms with E-state index in [1.54, 1.807) is 0 Å². The molecular formula is C12H12F16O2Si. The fourth-order valence-electron chi connectivity index (χ4n) is 1.88. The van der Waals surface area contributed by atoms with E-state index < -0.39 is 70.0 Å². The highest BCUT2D eigenvalue weighted by atomic mass is 28.1. The Morgan fingerprint density at radius 2 is 0.871 bits per heavy atom. The van der Waals surface area contributed by atoms with Crippen LogP contribution in [0.5, 0.6) is 0 Å². The Morgan fingerprint density at radius 1 is 0.581 bits per heavy atom. The minimum absolute atomic E-state index is 0.557. The highest BCUT2D eigenvalue weighted by molar-refractivity contribution is 6.13. The van der Waals surface area contributed by atoms with Gasteiger partial charge in [0.1, 0.15) is 0 Å². The Bertz CT molecular complexity index is 627. The highest BCUT2D eigenvalue weighted by Gasteiger charge is 2.93. The summed E-state index contributed by atoms with van der Waals surface area (Å²) in [7, 11) is 0.332. The SMILES string of the molecule is COC([SiH3])(OC)C(F)CC(F)(F)C(F)(F)C(F)(F)C(F)(F)C(F)(F)C(F)(F)C(F)(F)F. The molecule has 0 fully saturated rings. The van der Waals surface area contributed by atoms with Gasteiger partial charge in [-0.1, -0.05) is 0 Å². The molecule has 1 unspecified atom stereocenters. The number of ether oxygens (including phenoxy) is 2. The van der Waals surface area contributed by atoms with Gasteiger partial charge in [-0.3, -0.25) is 0 Å². The summed E-state index contributed by atoms with van der Waals surface area (Å²) in [6.45, 7) is 0. The largest absolute Gasteiger partial charge is 0.460 e. The first-order valence-electron chi connectivity index (χ1n) is 7.33. The summed E-state index contributed by atoms with van der Waals surface area (Å²) in [5.74, 6) is -47.5. The van der Waals surface area contributed by atoms with Crippen molar-refractivity contribution in [2.45, 2.75) is 59.7 Å². The van der Waals surface area contributed by atoms with Crippen molar-refractivity contribution in [1.29, 1.82) is 0 Å². The van der Waals surface area contributed by atoms with Crippen LogP contribution in [0.1, 0.15) is 6.42 Å². The van der Waals surface area contributed by atoms with Crippen LogP contribution in [0.2, 0.25) is 0 Å². The fraction of sp³-hybridized carbons (Fsp3) is 1.00. The molecule has 2 nitrogen and oxygen atoms in total. The third-order valence-corrected chi connectivity index (χ3v) is 5.65. The van der Waals surface area contributed by atoms with Crippen LogP contribution in [0.25, 0.3) is 0 Å². The smallest absolute Gasteiger partial charge is 0.355 e. The first-order valence-corrected chi connectivity index (χ1v) is 8.33. The van der Waals surface area contributed by atoms with Gasteiger partial charge in [0, 0.05) is 14.2 Å². The molecule has 0 bridgehead atoms. The maximum absolute atomic E-state index is 13.9. The molecule has 1 atom stereocenters. The first kappa shape index (κ1) is 30.0. The monoisotopic (exact) mass is 520 g/mol. The van der Waals surface area contributed by atoms with Crippen molar-refractivity contribution in [3.8, 4) is 0 Å². The molecule has 0 aliphatic heterocycles. The molecule has 0 heterocycles. The fourth-order valence-corrected chi connectivity index (χ4v) is 2.08. The Hall–Kier alpha value is -0.983. The van der Waals surface area contributed by atoms with Gasteiger partial charge in [0.2, 0.25) is 0 Å². The standard InChI is InChI=1S/C12H12F16O2Si/c1-29-6(31,30-2)4(13)3-5(14,15)7(16,17)8(18,19)9(20,21)10(22,23)11(24,25)12(26,27)28/h4H,3H2,1-2,31H3. The van der Waals surface area contributed by atoms with Gasteiger partial charge in [-0.2, -0.15) is 65.9 Å². The van der Waals surface area contributed by atoms with Gasteiger partial charge in [0.05, 0.1) is 16.7 Å². The lowest BCUT2D eigenvalue weighted by Gasteiger charge is -2.42. The van der Waals surface area contributed by atoms with Crippen LogP contribution in [0.15, 0.2) is 0 Å². The summed E-state index contributed by atoms with van der Waals surface area (Å²) in [4.78, 5) is 0. The van der Waals surface area contributed by atoms with E-state index in [2.05, 4.69) is 9.47 Å². The lowest BCUT2D eigenvalue weighted by Crippen LogP contribution is -2.72. The molecule has 0 N–H and O–H groups in total. The van der Waals surface area contributed by atoms with E-state index in [1.807, 2.05) is 0 Å². The number of methoxy groups -OCH3 is 2. The Morgan fingerprint density at radius 3 is 1.16 bits per heavy atom. The highest BCUT2D eigenvalue weighted by Crippen LogP contribution is 2.62. The molecule has 0 amide bonds. The van der Waals surface area contributed by atoms with Gasteiger partial charge in [0.25, 0.3) is 0 Å². The topological polar surface area (TPSA) is 18.5 Å². The molecule has 188 valence electrons. The predicted molar refractivity (Wildman–Crippen MR) is 71.9 cm³/mol. The van der Waals surface area contributed by atoms with Crippen LogP contribution in [0.3, 0.4) is 0 Å². The van der Waals surface area contributed by atoms with Crippen molar-refractivity contribution in [2.75, 3.05) is 14.2 Å². The van der Waals surface area contributed by atoms with E-state index in [1.165, 1.54) is 0 Å². The number of halogens is 16. The van der Waals surface area contributed by atoms with Crippen LogP contribution in [0, 0.1) is 0 Å². The van der Waals surface area contributed by atoms with E-state index in [0.717, 1.165) is 0 Å². The molecule has 0 saturated heterocycles. The van der Waals surface area contributed by atoms with Gasteiger partial charge < -0.3 is 9.47 Å². The summed E-state index contributed by atoms with van der Waals surface area (Å²) < 4.78 is 218. The molecule has 0 aromatic carbocycles. The van der Waals surface area contributed by atoms with Crippen molar-refractivity contribution in [1.82, 2.24) is 0 Å². The molecule has 0 aliphatic carbocycles. The van der Waals surface area contributed by atoms with Gasteiger partial charge in [0.15, 0.2) is 11.6 Å². The van der Waals surface area contributed by atoms with Crippen LogP contribution >= 0.6 is 0 Å². The van der Waals surface area contributed by atoms with Crippen molar-refractivity contribution in [3.05, 3.63) is 0 Å². The third-order valence-electron chi connectivity index (χ3n) is 4.21. The van der Waals surface area contributed by atoms with Crippen molar-refractivity contribution in [2.24, 2.45) is 0 Å². The second kappa shape index (κ2) is 8.10. The maximum Gasteiger partial charge on any atom is 0.460 e. The minimum atomic E-state index is -8.40. The quantitative estimate of drug-likeness (QED) is 0.242. The normalized spacial score (nSPS) is 17.2.